The zero-order valence-corrected chi connectivity index (χ0v) is 20.9. The van der Waals surface area contributed by atoms with Crippen molar-refractivity contribution < 1.29 is 17.9 Å². The van der Waals surface area contributed by atoms with Crippen LogP contribution >= 0.6 is 22.6 Å². The summed E-state index contributed by atoms with van der Waals surface area (Å²) < 4.78 is 32.6. The van der Waals surface area contributed by atoms with Crippen LogP contribution in [-0.4, -0.2) is 33.7 Å². The van der Waals surface area contributed by atoms with Crippen molar-refractivity contribution in [3.05, 3.63) is 93.1 Å². The molecule has 0 aliphatic carbocycles. The second kappa shape index (κ2) is 10.8. The highest BCUT2D eigenvalue weighted by Gasteiger charge is 2.18. The molecule has 3 aromatic rings. The molecule has 0 saturated carbocycles. The van der Waals surface area contributed by atoms with E-state index in [1.54, 1.807) is 36.4 Å². The van der Waals surface area contributed by atoms with Gasteiger partial charge in [0.05, 0.1) is 25.0 Å². The van der Waals surface area contributed by atoms with Crippen LogP contribution in [0.25, 0.3) is 0 Å². The van der Waals surface area contributed by atoms with Crippen LogP contribution in [0.15, 0.2) is 72.8 Å². The minimum absolute atomic E-state index is 0.186. The van der Waals surface area contributed by atoms with Gasteiger partial charge in [-0.2, -0.15) is 0 Å². The van der Waals surface area contributed by atoms with Crippen molar-refractivity contribution in [3.63, 3.8) is 0 Å². The first-order valence-corrected chi connectivity index (χ1v) is 12.9. The van der Waals surface area contributed by atoms with Gasteiger partial charge in [0, 0.05) is 9.13 Å². The van der Waals surface area contributed by atoms with E-state index in [1.165, 1.54) is 10.6 Å². The fourth-order valence-electron chi connectivity index (χ4n) is 3.08. The highest BCUT2D eigenvalue weighted by atomic mass is 127. The van der Waals surface area contributed by atoms with E-state index in [2.05, 4.69) is 27.9 Å². The topological polar surface area (TPSA) is 75.7 Å². The number of benzene rings is 3. The molecule has 0 unspecified atom stereocenters. The van der Waals surface area contributed by atoms with Gasteiger partial charge in [-0.25, -0.2) is 8.42 Å². The molecule has 0 aromatic heterocycles. The Bertz CT molecular complexity index is 1160. The van der Waals surface area contributed by atoms with Gasteiger partial charge in [-0.1, -0.05) is 24.3 Å². The third-order valence-corrected chi connectivity index (χ3v) is 6.56. The lowest BCUT2D eigenvalue weighted by Gasteiger charge is -2.22. The van der Waals surface area contributed by atoms with Crippen LogP contribution in [0, 0.1) is 10.5 Å². The van der Waals surface area contributed by atoms with Gasteiger partial charge in [-0.3, -0.25) is 9.10 Å². The second-order valence-electron chi connectivity index (χ2n) is 7.36. The molecule has 1 amide bonds. The maximum Gasteiger partial charge on any atom is 0.251 e. The molecule has 0 saturated heterocycles. The van der Waals surface area contributed by atoms with Gasteiger partial charge in [0.1, 0.15) is 12.4 Å². The van der Waals surface area contributed by atoms with Gasteiger partial charge < -0.3 is 10.1 Å². The zero-order chi connectivity index (χ0) is 23.1. The number of halogens is 1. The Morgan fingerprint density at radius 2 is 1.72 bits per heavy atom. The molecule has 0 bridgehead atoms. The van der Waals surface area contributed by atoms with E-state index in [1.807, 2.05) is 43.3 Å². The molecule has 0 atom stereocenters. The zero-order valence-electron chi connectivity index (χ0n) is 17.9. The van der Waals surface area contributed by atoms with Gasteiger partial charge in [-0.05, 0) is 89.2 Å². The first-order valence-electron chi connectivity index (χ1n) is 10.0. The number of hydrogen-bond acceptors (Lipinski definition) is 4. The Morgan fingerprint density at radius 1 is 1.03 bits per heavy atom. The predicted molar refractivity (Wildman–Crippen MR) is 136 cm³/mol. The molecule has 0 spiro atoms. The summed E-state index contributed by atoms with van der Waals surface area (Å²) in [4.78, 5) is 12.4. The van der Waals surface area contributed by atoms with Crippen molar-refractivity contribution >= 4 is 44.2 Å². The van der Waals surface area contributed by atoms with Crippen LogP contribution < -0.4 is 14.4 Å². The molecule has 0 aliphatic rings. The number of nitrogens with zero attached hydrogens (tertiary/aromatic N) is 1. The first kappa shape index (κ1) is 24.1. The molecule has 1 N–H and O–H groups in total. The first-order chi connectivity index (χ1) is 15.2. The van der Waals surface area contributed by atoms with Crippen LogP contribution in [0.3, 0.4) is 0 Å². The lowest BCUT2D eigenvalue weighted by atomic mass is 10.1. The Balaban J connectivity index is 1.57. The highest BCUT2D eigenvalue weighted by Crippen LogP contribution is 2.22. The smallest absolute Gasteiger partial charge is 0.251 e. The molecule has 32 heavy (non-hydrogen) atoms. The number of hydrogen-bond donors (Lipinski definition) is 1. The number of rotatable bonds is 9. The van der Waals surface area contributed by atoms with E-state index in [0.29, 0.717) is 24.4 Å². The predicted octanol–water partition coefficient (Wildman–Crippen LogP) is 4.37. The van der Waals surface area contributed by atoms with Crippen LogP contribution in [0.4, 0.5) is 5.69 Å². The van der Waals surface area contributed by atoms with Gasteiger partial charge >= 0.3 is 0 Å². The minimum atomic E-state index is -3.46. The Morgan fingerprint density at radius 3 is 2.34 bits per heavy atom. The van der Waals surface area contributed by atoms with Crippen LogP contribution in [0.2, 0.25) is 0 Å². The summed E-state index contributed by atoms with van der Waals surface area (Å²) in [5.74, 6) is 0.564. The second-order valence-corrected chi connectivity index (χ2v) is 10.5. The van der Waals surface area contributed by atoms with Crippen molar-refractivity contribution in [2.45, 2.75) is 13.5 Å². The van der Waals surface area contributed by atoms with Crippen molar-refractivity contribution in [3.8, 4) is 5.75 Å². The summed E-state index contributed by atoms with van der Waals surface area (Å²) in [6, 6.07) is 22.0. The van der Waals surface area contributed by atoms with Gasteiger partial charge in [0.25, 0.3) is 5.91 Å². The van der Waals surface area contributed by atoms with Crippen LogP contribution in [0.1, 0.15) is 21.5 Å². The monoisotopic (exact) mass is 564 g/mol. The number of amides is 1. The average molecular weight is 564 g/mol. The fraction of sp³-hybridized carbons (Fsp3) is 0.208. The molecular weight excluding hydrogens is 539 g/mol. The number of aryl methyl sites for hydroxylation is 1. The normalized spacial score (nSPS) is 11.1. The number of sulfonamides is 1. The maximum atomic E-state index is 12.4. The van der Waals surface area contributed by atoms with Crippen molar-refractivity contribution in [1.29, 1.82) is 0 Å². The number of nitrogens with one attached hydrogen (secondary N) is 1. The van der Waals surface area contributed by atoms with E-state index in [0.717, 1.165) is 20.4 Å². The Labute approximate surface area is 202 Å². The van der Waals surface area contributed by atoms with Crippen LogP contribution in [0.5, 0.6) is 5.75 Å². The van der Waals surface area contributed by atoms with E-state index >= 15 is 0 Å². The molecule has 0 radical (unpaired) electrons. The van der Waals surface area contributed by atoms with Crippen molar-refractivity contribution in [1.82, 2.24) is 5.32 Å². The Kier molecular flexibility index (Phi) is 8.14. The van der Waals surface area contributed by atoms with E-state index in [4.69, 9.17) is 4.74 Å². The summed E-state index contributed by atoms with van der Waals surface area (Å²) in [6.07, 6.45) is 1.19. The van der Waals surface area contributed by atoms with Crippen LogP contribution in [-0.2, 0) is 16.6 Å². The molecule has 0 aliphatic heterocycles. The van der Waals surface area contributed by atoms with Crippen molar-refractivity contribution in [2.75, 3.05) is 23.7 Å². The fourth-order valence-corrected chi connectivity index (χ4v) is 4.32. The molecule has 168 valence electrons. The summed E-state index contributed by atoms with van der Waals surface area (Å²) >= 11 is 2.18. The number of carbonyl (C=O) groups excluding carboxylic acids is 1. The Hall–Kier alpha value is -2.59. The third kappa shape index (κ3) is 6.96. The minimum Gasteiger partial charge on any atom is -0.492 e. The number of ether oxygens (including phenoxy) is 1. The summed E-state index contributed by atoms with van der Waals surface area (Å²) in [5.41, 5.74) is 3.00. The number of carbonyl (C=O) groups is 1. The van der Waals surface area contributed by atoms with Crippen molar-refractivity contribution in [2.24, 2.45) is 0 Å². The van der Waals surface area contributed by atoms with E-state index in [-0.39, 0.29) is 12.5 Å². The summed E-state index contributed by atoms with van der Waals surface area (Å²) in [7, 11) is -3.46. The van der Waals surface area contributed by atoms with Gasteiger partial charge in [0.15, 0.2) is 0 Å². The molecule has 0 heterocycles. The molecule has 3 rings (SSSR count). The van der Waals surface area contributed by atoms with E-state index < -0.39 is 10.0 Å². The van der Waals surface area contributed by atoms with E-state index in [9.17, 15) is 13.2 Å². The lowest BCUT2D eigenvalue weighted by Crippen LogP contribution is -2.29. The molecule has 0 fully saturated rings. The maximum absolute atomic E-state index is 12.4. The largest absolute Gasteiger partial charge is 0.492 e. The average Bonchev–Trinajstić information content (AvgIpc) is 2.75. The molecular formula is C24H25IN2O4S. The van der Waals surface area contributed by atoms with Gasteiger partial charge in [0.2, 0.25) is 10.0 Å². The lowest BCUT2D eigenvalue weighted by molar-refractivity contribution is 0.0947. The number of anilines is 1. The molecule has 8 heteroatoms. The third-order valence-electron chi connectivity index (χ3n) is 4.70. The standard InChI is InChI=1S/C24H25IN2O4S/c1-18-4-3-5-23(16-18)31-15-14-26-24(28)20-8-6-19(7-9-20)17-27(32(2,29)30)22-12-10-21(25)11-13-22/h3-13,16H,14-15,17H2,1-2H3,(H,26,28). The molecule has 6 nitrogen and oxygen atoms in total. The van der Waals surface area contributed by atoms with Gasteiger partial charge in [-0.15, -0.1) is 0 Å². The quantitative estimate of drug-likeness (QED) is 0.310. The molecule has 3 aromatic carbocycles. The summed E-state index contributed by atoms with van der Waals surface area (Å²) in [6.45, 7) is 2.93. The SMILES string of the molecule is Cc1cccc(OCCNC(=O)c2ccc(CN(c3ccc(I)cc3)S(C)(=O)=O)cc2)c1. The summed E-state index contributed by atoms with van der Waals surface area (Å²) in [5, 5.41) is 2.83. The highest BCUT2D eigenvalue weighted by molar-refractivity contribution is 14.1.